The minimum atomic E-state index is -1.27. The van der Waals surface area contributed by atoms with Crippen LogP contribution in [0.25, 0.3) is 10.9 Å². The summed E-state index contributed by atoms with van der Waals surface area (Å²) < 4.78 is 12.4. The number of carbonyl (C=O) groups is 2. The first-order valence-corrected chi connectivity index (χ1v) is 11.1. The number of fused-ring (bicyclic) bond motifs is 1. The van der Waals surface area contributed by atoms with Gasteiger partial charge in [-0.15, -0.1) is 0 Å². The standard InChI is InChI=1S/C25H27N3O6/c1-5-34-25(30)24-21(19-14-26(3)20-9-7-6-8-18(19)20)23(28(31)32)22(27(24)15(2)29)16-10-12-17(33-4)13-11-16/h6-14,21-24H,5H2,1-4H3/t21-,22-,23-,24+/m1/s1. The van der Waals surface area contributed by atoms with Crippen molar-refractivity contribution in [2.75, 3.05) is 13.7 Å². The van der Waals surface area contributed by atoms with Crippen LogP contribution in [0.2, 0.25) is 0 Å². The number of rotatable bonds is 6. The summed E-state index contributed by atoms with van der Waals surface area (Å²) in [5.74, 6) is -1.41. The van der Waals surface area contributed by atoms with Crippen LogP contribution in [0.1, 0.15) is 36.9 Å². The van der Waals surface area contributed by atoms with E-state index < -0.39 is 35.9 Å². The number of aromatic nitrogens is 1. The normalized spacial score (nSPS) is 22.1. The highest BCUT2D eigenvalue weighted by molar-refractivity contribution is 5.90. The Bertz CT molecular complexity index is 1240. The number of likely N-dealkylation sites (tertiary alicyclic amines) is 1. The fourth-order valence-electron chi connectivity index (χ4n) is 5.17. The Kier molecular flexibility index (Phi) is 6.28. The molecule has 0 bridgehead atoms. The SMILES string of the molecule is CCOC(=O)[C@@H]1[C@H](c2cn(C)c3ccccc23)[C@@H]([N+](=O)[O-])[C@@H](c2ccc(OC)cc2)N1C(C)=O. The van der Waals surface area contributed by atoms with Gasteiger partial charge in [-0.1, -0.05) is 30.3 Å². The van der Waals surface area contributed by atoms with Gasteiger partial charge in [0.2, 0.25) is 11.9 Å². The smallest absolute Gasteiger partial charge is 0.329 e. The van der Waals surface area contributed by atoms with Crippen molar-refractivity contribution >= 4 is 22.8 Å². The lowest BCUT2D eigenvalue weighted by atomic mass is 9.85. The van der Waals surface area contributed by atoms with Gasteiger partial charge in [0.15, 0.2) is 0 Å². The summed E-state index contributed by atoms with van der Waals surface area (Å²) >= 11 is 0. The summed E-state index contributed by atoms with van der Waals surface area (Å²) in [6.45, 7) is 3.09. The molecule has 178 valence electrons. The van der Waals surface area contributed by atoms with E-state index in [1.54, 1.807) is 31.2 Å². The van der Waals surface area contributed by atoms with Crippen LogP contribution < -0.4 is 4.74 Å². The first kappa shape index (κ1) is 23.3. The molecule has 34 heavy (non-hydrogen) atoms. The molecule has 4 rings (SSSR count). The van der Waals surface area contributed by atoms with Crippen LogP contribution in [0.4, 0.5) is 0 Å². The Morgan fingerprint density at radius 3 is 2.38 bits per heavy atom. The lowest BCUT2D eigenvalue weighted by Crippen LogP contribution is -2.43. The van der Waals surface area contributed by atoms with Crippen LogP contribution in [0, 0.1) is 10.1 Å². The maximum absolute atomic E-state index is 13.3. The number of methoxy groups -OCH3 is 1. The van der Waals surface area contributed by atoms with E-state index in [0.29, 0.717) is 16.9 Å². The molecule has 2 aromatic carbocycles. The van der Waals surface area contributed by atoms with Crippen molar-refractivity contribution in [1.82, 2.24) is 9.47 Å². The third-order valence-corrected chi connectivity index (χ3v) is 6.51. The number of aryl methyl sites for hydroxylation is 1. The Morgan fingerprint density at radius 2 is 1.79 bits per heavy atom. The summed E-state index contributed by atoms with van der Waals surface area (Å²) in [5.41, 5.74) is 2.07. The predicted octanol–water partition coefficient (Wildman–Crippen LogP) is 3.45. The molecule has 1 aliphatic heterocycles. The second-order valence-electron chi connectivity index (χ2n) is 8.36. The van der Waals surface area contributed by atoms with Crippen LogP contribution in [0.5, 0.6) is 5.75 Å². The van der Waals surface area contributed by atoms with Crippen LogP contribution in [0.15, 0.2) is 54.7 Å². The van der Waals surface area contributed by atoms with E-state index in [9.17, 15) is 19.7 Å². The molecule has 1 aromatic heterocycles. The van der Waals surface area contributed by atoms with Crippen LogP contribution >= 0.6 is 0 Å². The number of hydrogen-bond acceptors (Lipinski definition) is 6. The maximum Gasteiger partial charge on any atom is 0.329 e. The number of esters is 1. The molecule has 0 saturated carbocycles. The van der Waals surface area contributed by atoms with Crippen molar-refractivity contribution in [3.8, 4) is 5.75 Å². The summed E-state index contributed by atoms with van der Waals surface area (Å²) in [6.07, 6.45) is 1.81. The fraction of sp³-hybridized carbons (Fsp3) is 0.360. The molecule has 0 N–H and O–H groups in total. The molecule has 1 aliphatic rings. The zero-order chi connectivity index (χ0) is 24.6. The van der Waals surface area contributed by atoms with Gasteiger partial charge in [0.1, 0.15) is 17.8 Å². The van der Waals surface area contributed by atoms with Gasteiger partial charge in [-0.2, -0.15) is 0 Å². The zero-order valence-electron chi connectivity index (χ0n) is 19.5. The number of nitrogens with zero attached hydrogens (tertiary/aromatic N) is 3. The molecule has 9 heteroatoms. The number of carbonyl (C=O) groups excluding carboxylic acids is 2. The van der Waals surface area contributed by atoms with Crippen LogP contribution in [-0.2, 0) is 21.4 Å². The summed E-state index contributed by atoms with van der Waals surface area (Å²) in [7, 11) is 3.38. The van der Waals surface area contributed by atoms with E-state index in [1.807, 2.05) is 42.1 Å². The molecule has 3 aromatic rings. The molecular formula is C25H27N3O6. The van der Waals surface area contributed by atoms with E-state index in [-0.39, 0.29) is 11.5 Å². The number of benzene rings is 2. The fourth-order valence-corrected chi connectivity index (χ4v) is 5.17. The summed E-state index contributed by atoms with van der Waals surface area (Å²) in [5, 5.41) is 13.4. The molecule has 1 fully saturated rings. The van der Waals surface area contributed by atoms with Crippen molar-refractivity contribution in [2.24, 2.45) is 7.05 Å². The third-order valence-electron chi connectivity index (χ3n) is 6.51. The van der Waals surface area contributed by atoms with Gasteiger partial charge in [-0.25, -0.2) is 4.79 Å². The molecule has 9 nitrogen and oxygen atoms in total. The first-order chi connectivity index (χ1) is 16.3. The van der Waals surface area contributed by atoms with Crippen molar-refractivity contribution in [2.45, 2.75) is 37.9 Å². The Balaban J connectivity index is 1.98. The van der Waals surface area contributed by atoms with Crippen molar-refractivity contribution in [3.05, 3.63) is 76.0 Å². The van der Waals surface area contributed by atoms with Crippen LogP contribution in [-0.4, -0.2) is 52.1 Å². The predicted molar refractivity (Wildman–Crippen MR) is 125 cm³/mol. The average molecular weight is 466 g/mol. The largest absolute Gasteiger partial charge is 0.497 e. The molecule has 2 heterocycles. The molecule has 0 radical (unpaired) electrons. The van der Waals surface area contributed by atoms with Gasteiger partial charge in [0.05, 0.1) is 19.6 Å². The molecule has 1 saturated heterocycles. The number of amides is 1. The maximum atomic E-state index is 13.3. The monoisotopic (exact) mass is 465 g/mol. The van der Waals surface area contributed by atoms with Gasteiger partial charge >= 0.3 is 5.97 Å². The number of para-hydroxylation sites is 1. The van der Waals surface area contributed by atoms with Gasteiger partial charge in [0.25, 0.3) is 0 Å². The Morgan fingerprint density at radius 1 is 1.12 bits per heavy atom. The van der Waals surface area contributed by atoms with E-state index in [2.05, 4.69) is 0 Å². The van der Waals surface area contributed by atoms with Crippen molar-refractivity contribution < 1.29 is 24.0 Å². The van der Waals surface area contributed by atoms with Crippen molar-refractivity contribution in [3.63, 3.8) is 0 Å². The number of hydrogen-bond donors (Lipinski definition) is 0. The highest BCUT2D eigenvalue weighted by Gasteiger charge is 2.61. The van der Waals surface area contributed by atoms with Gasteiger partial charge in [-0.05, 0) is 36.2 Å². The van der Waals surface area contributed by atoms with E-state index in [4.69, 9.17) is 9.47 Å². The third kappa shape index (κ3) is 3.76. The minimum Gasteiger partial charge on any atom is -0.497 e. The van der Waals surface area contributed by atoms with Gasteiger partial charge in [-0.3, -0.25) is 14.9 Å². The second kappa shape index (κ2) is 9.17. The average Bonchev–Trinajstić information content (AvgIpc) is 3.35. The highest BCUT2D eigenvalue weighted by atomic mass is 16.6. The number of ether oxygens (including phenoxy) is 2. The van der Waals surface area contributed by atoms with E-state index >= 15 is 0 Å². The second-order valence-corrected chi connectivity index (χ2v) is 8.36. The highest BCUT2D eigenvalue weighted by Crippen LogP contribution is 2.49. The molecule has 0 spiro atoms. The Labute approximate surface area is 197 Å². The minimum absolute atomic E-state index is 0.0969. The molecule has 0 aliphatic carbocycles. The first-order valence-electron chi connectivity index (χ1n) is 11.1. The molecule has 0 unspecified atom stereocenters. The quantitative estimate of drug-likeness (QED) is 0.314. The topological polar surface area (TPSA) is 104 Å². The molecule has 4 atom stereocenters. The lowest BCUT2D eigenvalue weighted by Gasteiger charge is -2.28. The molecule has 1 amide bonds. The number of nitro groups is 1. The van der Waals surface area contributed by atoms with Crippen LogP contribution in [0.3, 0.4) is 0 Å². The van der Waals surface area contributed by atoms with E-state index in [1.165, 1.54) is 18.9 Å². The zero-order valence-corrected chi connectivity index (χ0v) is 19.5. The van der Waals surface area contributed by atoms with E-state index in [0.717, 1.165) is 10.9 Å². The summed E-state index contributed by atoms with van der Waals surface area (Å²) in [6, 6.07) is 10.9. The lowest BCUT2D eigenvalue weighted by molar-refractivity contribution is -0.528. The summed E-state index contributed by atoms with van der Waals surface area (Å²) in [4.78, 5) is 39.8. The van der Waals surface area contributed by atoms with Gasteiger partial charge < -0.3 is 18.9 Å². The van der Waals surface area contributed by atoms with Gasteiger partial charge in [0, 0.05) is 36.0 Å². The van der Waals surface area contributed by atoms with Crippen molar-refractivity contribution in [1.29, 1.82) is 0 Å². The molecular weight excluding hydrogens is 438 g/mol. The Hall–Kier alpha value is -3.88.